The van der Waals surface area contributed by atoms with Crippen LogP contribution in [-0.4, -0.2) is 25.5 Å². The van der Waals surface area contributed by atoms with E-state index in [4.69, 9.17) is 0 Å². The molecule has 0 saturated carbocycles. The smallest absolute Gasteiger partial charge is 0.220 e. The average Bonchev–Trinajstić information content (AvgIpc) is 2.75. The number of carbonyl (C=O) groups excluding carboxylic acids is 1. The van der Waals surface area contributed by atoms with Gasteiger partial charge in [0.15, 0.2) is 0 Å². The minimum absolute atomic E-state index is 0.205. The van der Waals surface area contributed by atoms with Gasteiger partial charge in [-0.1, -0.05) is 67.7 Å². The van der Waals surface area contributed by atoms with E-state index in [1.165, 1.54) is 12.8 Å². The second-order valence-corrected chi connectivity index (χ2v) is 7.60. The Labute approximate surface area is 179 Å². The lowest BCUT2D eigenvalue weighted by Crippen LogP contribution is -2.35. The Kier molecular flexibility index (Phi) is 16.9. The van der Waals surface area contributed by atoms with E-state index in [0.29, 0.717) is 12.3 Å². The Morgan fingerprint density at radius 3 is 1.90 bits per heavy atom. The third kappa shape index (κ3) is 16.8. The Morgan fingerprint density at radius 2 is 1.34 bits per heavy atom. The van der Waals surface area contributed by atoms with Gasteiger partial charge >= 0.3 is 0 Å². The number of amides is 1. The van der Waals surface area contributed by atoms with Gasteiger partial charge in [0.2, 0.25) is 5.91 Å². The predicted molar refractivity (Wildman–Crippen MR) is 127 cm³/mol. The van der Waals surface area contributed by atoms with E-state index in [-0.39, 0.29) is 5.91 Å². The van der Waals surface area contributed by atoms with Gasteiger partial charge in [-0.25, -0.2) is 0 Å². The molecular weight excluding hydrogens is 356 g/mol. The summed E-state index contributed by atoms with van der Waals surface area (Å²) in [6, 6.07) is 0. The zero-order chi connectivity index (χ0) is 20.8. The van der Waals surface area contributed by atoms with E-state index in [1.807, 2.05) is 0 Å². The number of allylic oxidation sites excluding steroid dienone is 10. The van der Waals surface area contributed by atoms with Crippen molar-refractivity contribution in [1.82, 2.24) is 10.6 Å². The standard InChI is InChI=1S/C26H42N2O/c1-2-3-4-5-6-7-8-9-10-11-12-13-14-15-16-17-18-19-26(29)28-24-25-20-22-27-23-21-25/h3-4,6-7,9-10,12-13,15-16,25,27H,2,5,8,11,14,17-24H2,1H3,(H,28,29). The van der Waals surface area contributed by atoms with Crippen molar-refractivity contribution >= 4 is 5.91 Å². The van der Waals surface area contributed by atoms with Crippen LogP contribution in [0.25, 0.3) is 0 Å². The lowest BCUT2D eigenvalue weighted by Gasteiger charge is -2.22. The maximum absolute atomic E-state index is 11.9. The van der Waals surface area contributed by atoms with E-state index in [2.05, 4.69) is 78.3 Å². The van der Waals surface area contributed by atoms with Crippen LogP contribution in [0.1, 0.15) is 71.1 Å². The largest absolute Gasteiger partial charge is 0.356 e. The average molecular weight is 399 g/mol. The molecule has 29 heavy (non-hydrogen) atoms. The topological polar surface area (TPSA) is 41.1 Å². The molecule has 1 amide bonds. The van der Waals surface area contributed by atoms with E-state index in [1.54, 1.807) is 0 Å². The SMILES string of the molecule is CCC=CCC=CCC=CCC=CCC=CCCCC(=O)NCC1CCNCC1. The lowest BCUT2D eigenvalue weighted by molar-refractivity contribution is -0.121. The predicted octanol–water partition coefficient (Wildman–Crippen LogP) is 6.02. The molecule has 0 bridgehead atoms. The van der Waals surface area contributed by atoms with Gasteiger partial charge in [-0.2, -0.15) is 0 Å². The van der Waals surface area contributed by atoms with Crippen molar-refractivity contribution in [3.63, 3.8) is 0 Å². The molecule has 1 rings (SSSR count). The molecule has 1 saturated heterocycles. The lowest BCUT2D eigenvalue weighted by atomic mass is 9.98. The molecule has 1 aliphatic rings. The maximum Gasteiger partial charge on any atom is 0.220 e. The molecule has 0 unspecified atom stereocenters. The molecule has 2 N–H and O–H groups in total. The molecule has 162 valence electrons. The first-order chi connectivity index (χ1) is 14.3. The fourth-order valence-electron chi connectivity index (χ4n) is 3.18. The van der Waals surface area contributed by atoms with Crippen LogP contribution in [0.3, 0.4) is 0 Å². The number of hydrogen-bond acceptors (Lipinski definition) is 2. The summed E-state index contributed by atoms with van der Waals surface area (Å²) in [5.74, 6) is 0.863. The van der Waals surface area contributed by atoms with Gasteiger partial charge in [-0.3, -0.25) is 4.79 Å². The third-order valence-electron chi connectivity index (χ3n) is 4.98. The van der Waals surface area contributed by atoms with Crippen LogP contribution in [0.15, 0.2) is 60.8 Å². The summed E-state index contributed by atoms with van der Waals surface area (Å²) >= 11 is 0. The quantitative estimate of drug-likeness (QED) is 0.261. The number of carbonyl (C=O) groups is 1. The van der Waals surface area contributed by atoms with E-state index < -0.39 is 0 Å². The van der Waals surface area contributed by atoms with Gasteiger partial charge in [0.05, 0.1) is 0 Å². The third-order valence-corrected chi connectivity index (χ3v) is 4.98. The molecule has 0 radical (unpaired) electrons. The minimum Gasteiger partial charge on any atom is -0.356 e. The van der Waals surface area contributed by atoms with Crippen LogP contribution in [-0.2, 0) is 4.79 Å². The molecule has 0 aliphatic carbocycles. The second kappa shape index (κ2) is 19.4. The molecule has 3 heteroatoms. The minimum atomic E-state index is 0.205. The van der Waals surface area contributed by atoms with Crippen LogP contribution in [0, 0.1) is 5.92 Å². The van der Waals surface area contributed by atoms with Crippen LogP contribution >= 0.6 is 0 Å². The normalized spacial score (nSPS) is 16.3. The molecule has 3 nitrogen and oxygen atoms in total. The van der Waals surface area contributed by atoms with Crippen molar-refractivity contribution in [2.45, 2.75) is 71.1 Å². The highest BCUT2D eigenvalue weighted by molar-refractivity contribution is 5.75. The van der Waals surface area contributed by atoms with Crippen LogP contribution in [0.2, 0.25) is 0 Å². The van der Waals surface area contributed by atoms with Crippen molar-refractivity contribution in [1.29, 1.82) is 0 Å². The highest BCUT2D eigenvalue weighted by Crippen LogP contribution is 2.10. The first kappa shape index (κ1) is 25.2. The van der Waals surface area contributed by atoms with Gasteiger partial charge in [0.25, 0.3) is 0 Å². The second-order valence-electron chi connectivity index (χ2n) is 7.60. The molecular formula is C26H42N2O. The van der Waals surface area contributed by atoms with Gasteiger partial charge in [0, 0.05) is 13.0 Å². The van der Waals surface area contributed by atoms with Crippen molar-refractivity contribution in [3.8, 4) is 0 Å². The summed E-state index contributed by atoms with van der Waals surface area (Å²) in [4.78, 5) is 11.9. The number of nitrogens with one attached hydrogen (secondary N) is 2. The first-order valence-electron chi connectivity index (χ1n) is 11.5. The summed E-state index contributed by atoms with van der Waals surface area (Å²) < 4.78 is 0. The first-order valence-corrected chi connectivity index (χ1v) is 11.5. The molecule has 1 aliphatic heterocycles. The molecule has 0 aromatic heterocycles. The van der Waals surface area contributed by atoms with Gasteiger partial charge < -0.3 is 10.6 Å². The van der Waals surface area contributed by atoms with Gasteiger partial charge in [-0.15, -0.1) is 0 Å². The Bertz CT molecular complexity index is 537. The summed E-state index contributed by atoms with van der Waals surface area (Å²) in [7, 11) is 0. The molecule has 1 heterocycles. The summed E-state index contributed by atoms with van der Waals surface area (Å²) in [5.41, 5.74) is 0. The molecule has 0 aromatic rings. The van der Waals surface area contributed by atoms with Gasteiger partial charge in [0.1, 0.15) is 0 Å². The van der Waals surface area contributed by atoms with Crippen molar-refractivity contribution in [2.75, 3.05) is 19.6 Å². The molecule has 1 fully saturated rings. The van der Waals surface area contributed by atoms with Crippen LogP contribution in [0.4, 0.5) is 0 Å². The Balaban J connectivity index is 1.91. The summed E-state index contributed by atoms with van der Waals surface area (Å²) in [6.07, 6.45) is 32.1. The van der Waals surface area contributed by atoms with Crippen LogP contribution in [0.5, 0.6) is 0 Å². The summed E-state index contributed by atoms with van der Waals surface area (Å²) in [6.45, 7) is 5.18. The highest BCUT2D eigenvalue weighted by Gasteiger charge is 2.13. The van der Waals surface area contributed by atoms with Crippen molar-refractivity contribution in [2.24, 2.45) is 5.92 Å². The fraction of sp³-hybridized carbons (Fsp3) is 0.577. The Hall–Kier alpha value is -1.87. The van der Waals surface area contributed by atoms with E-state index in [0.717, 1.165) is 64.6 Å². The van der Waals surface area contributed by atoms with Crippen molar-refractivity contribution in [3.05, 3.63) is 60.8 Å². The van der Waals surface area contributed by atoms with E-state index >= 15 is 0 Å². The van der Waals surface area contributed by atoms with Crippen LogP contribution < -0.4 is 10.6 Å². The number of unbranched alkanes of at least 4 members (excludes halogenated alkanes) is 1. The number of piperidine rings is 1. The monoisotopic (exact) mass is 398 g/mol. The van der Waals surface area contributed by atoms with Gasteiger partial charge in [-0.05, 0) is 76.8 Å². The summed E-state index contributed by atoms with van der Waals surface area (Å²) in [5, 5.41) is 6.45. The zero-order valence-electron chi connectivity index (χ0n) is 18.5. The van der Waals surface area contributed by atoms with Crippen molar-refractivity contribution < 1.29 is 4.79 Å². The fourth-order valence-corrected chi connectivity index (χ4v) is 3.18. The number of rotatable bonds is 15. The molecule has 0 aromatic carbocycles. The zero-order valence-corrected chi connectivity index (χ0v) is 18.5. The number of hydrogen-bond donors (Lipinski definition) is 2. The highest BCUT2D eigenvalue weighted by atomic mass is 16.1. The molecule has 0 spiro atoms. The maximum atomic E-state index is 11.9. The molecule has 0 atom stereocenters. The Morgan fingerprint density at radius 1 is 0.828 bits per heavy atom. The van der Waals surface area contributed by atoms with E-state index in [9.17, 15) is 4.79 Å².